The molecule has 0 heterocycles. The maximum absolute atomic E-state index is 12.1. The summed E-state index contributed by atoms with van der Waals surface area (Å²) < 4.78 is 0. The number of hydrogen-bond donors (Lipinski definition) is 2. The minimum Gasteiger partial charge on any atom is -0.480 e. The van der Waals surface area contributed by atoms with Gasteiger partial charge in [-0.3, -0.25) is 9.69 Å². The molecule has 5 heteroatoms. The van der Waals surface area contributed by atoms with Gasteiger partial charge in [-0.05, 0) is 30.9 Å². The van der Waals surface area contributed by atoms with E-state index in [1.165, 1.54) is 17.7 Å². The van der Waals surface area contributed by atoms with Crippen LogP contribution in [0.15, 0.2) is 30.3 Å². The fourth-order valence-electron chi connectivity index (χ4n) is 2.11. The summed E-state index contributed by atoms with van der Waals surface area (Å²) in [5.74, 6) is -0.182. The van der Waals surface area contributed by atoms with Gasteiger partial charge in [0, 0.05) is 12.2 Å². The zero-order valence-corrected chi connectivity index (χ0v) is 11.4. The lowest BCUT2D eigenvalue weighted by molar-refractivity contribution is -0.135. The van der Waals surface area contributed by atoms with Gasteiger partial charge in [-0.1, -0.05) is 31.0 Å². The van der Waals surface area contributed by atoms with Gasteiger partial charge in [0.1, 0.15) is 6.54 Å². The van der Waals surface area contributed by atoms with Crippen molar-refractivity contribution < 1.29 is 14.7 Å². The summed E-state index contributed by atoms with van der Waals surface area (Å²) in [5, 5.41) is 11.7. The average Bonchev–Trinajstić information content (AvgIpc) is 3.25. The lowest BCUT2D eigenvalue weighted by atomic mass is 10.2. The predicted octanol–water partition coefficient (Wildman–Crippen LogP) is 2.48. The molecule has 0 aromatic heterocycles. The number of carbonyl (C=O) groups is 2. The summed E-state index contributed by atoms with van der Waals surface area (Å²) in [4.78, 5) is 24.2. The van der Waals surface area contributed by atoms with E-state index in [4.69, 9.17) is 5.11 Å². The highest BCUT2D eigenvalue weighted by molar-refractivity contribution is 5.96. The number of anilines is 1. The van der Waals surface area contributed by atoms with Crippen LogP contribution < -0.4 is 10.2 Å². The summed E-state index contributed by atoms with van der Waals surface area (Å²) in [6, 6.07) is 8.50. The summed E-state index contributed by atoms with van der Waals surface area (Å²) >= 11 is 0. The average molecular weight is 276 g/mol. The van der Waals surface area contributed by atoms with Gasteiger partial charge >= 0.3 is 12.0 Å². The number of nitrogens with one attached hydrogen (secondary N) is 1. The number of carboxylic acids is 1. The van der Waals surface area contributed by atoms with Crippen molar-refractivity contribution in [3.8, 4) is 0 Å². The van der Waals surface area contributed by atoms with Gasteiger partial charge in [-0.15, -0.1) is 0 Å². The van der Waals surface area contributed by atoms with Gasteiger partial charge in [0.25, 0.3) is 0 Å². The third-order valence-corrected chi connectivity index (χ3v) is 3.37. The van der Waals surface area contributed by atoms with Crippen LogP contribution in [0.1, 0.15) is 25.7 Å². The Kier molecular flexibility index (Phi) is 4.98. The van der Waals surface area contributed by atoms with Gasteiger partial charge in [0.05, 0.1) is 0 Å². The van der Waals surface area contributed by atoms with Gasteiger partial charge in [0.2, 0.25) is 0 Å². The van der Waals surface area contributed by atoms with E-state index in [-0.39, 0.29) is 12.6 Å². The summed E-state index contributed by atoms with van der Waals surface area (Å²) in [6.07, 6.45) is 4.71. The second-order valence-corrected chi connectivity index (χ2v) is 5.13. The molecule has 2 rings (SSSR count). The third-order valence-electron chi connectivity index (χ3n) is 3.37. The van der Waals surface area contributed by atoms with Crippen LogP contribution in [0.25, 0.3) is 0 Å². The minimum absolute atomic E-state index is 0.335. The van der Waals surface area contributed by atoms with Crippen molar-refractivity contribution in [2.45, 2.75) is 25.7 Å². The number of nitrogens with zero attached hydrogens (tertiary/aromatic N) is 1. The highest BCUT2D eigenvalue weighted by Gasteiger charge is 2.21. The maximum Gasteiger partial charge on any atom is 0.323 e. The third kappa shape index (κ3) is 4.57. The Hall–Kier alpha value is -2.04. The molecule has 1 fully saturated rings. The largest absolute Gasteiger partial charge is 0.480 e. The van der Waals surface area contributed by atoms with Crippen LogP contribution in [0, 0.1) is 5.92 Å². The standard InChI is InChI=1S/C15H20N2O3/c18-14(19)11-17(13-6-2-1-3-7-13)15(20)16-10-4-5-12-8-9-12/h1-3,6-7,12H,4-5,8-11H2,(H,16,20)(H,18,19). The molecule has 108 valence electrons. The van der Waals surface area contributed by atoms with Crippen molar-refractivity contribution in [3.63, 3.8) is 0 Å². The van der Waals surface area contributed by atoms with Crippen molar-refractivity contribution in [1.29, 1.82) is 0 Å². The zero-order valence-electron chi connectivity index (χ0n) is 11.4. The fourth-order valence-corrected chi connectivity index (χ4v) is 2.11. The Balaban J connectivity index is 1.87. The van der Waals surface area contributed by atoms with Crippen molar-refractivity contribution in [2.75, 3.05) is 18.0 Å². The van der Waals surface area contributed by atoms with Crippen LogP contribution in [0.5, 0.6) is 0 Å². The Morgan fingerprint density at radius 1 is 1.25 bits per heavy atom. The molecule has 0 aliphatic heterocycles. The van der Waals surface area contributed by atoms with Crippen LogP contribution in [-0.4, -0.2) is 30.2 Å². The van der Waals surface area contributed by atoms with Crippen molar-refractivity contribution in [1.82, 2.24) is 5.32 Å². The number of urea groups is 1. The van der Waals surface area contributed by atoms with Crippen LogP contribution in [0.3, 0.4) is 0 Å². The molecule has 0 atom stereocenters. The first-order valence-corrected chi connectivity index (χ1v) is 6.99. The molecule has 0 bridgehead atoms. The first-order chi connectivity index (χ1) is 9.66. The van der Waals surface area contributed by atoms with Gasteiger partial charge in [-0.2, -0.15) is 0 Å². The Labute approximate surface area is 118 Å². The fraction of sp³-hybridized carbons (Fsp3) is 0.467. The minimum atomic E-state index is -1.03. The van der Waals surface area contributed by atoms with Crippen LogP contribution >= 0.6 is 0 Å². The topological polar surface area (TPSA) is 69.6 Å². The maximum atomic E-state index is 12.1. The first kappa shape index (κ1) is 14.4. The second-order valence-electron chi connectivity index (χ2n) is 5.13. The second kappa shape index (κ2) is 6.93. The molecule has 20 heavy (non-hydrogen) atoms. The first-order valence-electron chi connectivity index (χ1n) is 6.99. The van der Waals surface area contributed by atoms with Crippen molar-refractivity contribution in [3.05, 3.63) is 30.3 Å². The van der Waals surface area contributed by atoms with Gasteiger partial charge < -0.3 is 10.4 Å². The number of aliphatic carboxylic acids is 1. The Morgan fingerprint density at radius 3 is 2.55 bits per heavy atom. The number of benzene rings is 1. The Morgan fingerprint density at radius 2 is 1.95 bits per heavy atom. The monoisotopic (exact) mass is 276 g/mol. The number of carbonyl (C=O) groups excluding carboxylic acids is 1. The lowest BCUT2D eigenvalue weighted by Gasteiger charge is -2.21. The smallest absolute Gasteiger partial charge is 0.323 e. The van der Waals surface area contributed by atoms with E-state index < -0.39 is 5.97 Å². The highest BCUT2D eigenvalue weighted by atomic mass is 16.4. The molecule has 2 N–H and O–H groups in total. The molecule has 1 saturated carbocycles. The predicted molar refractivity (Wildman–Crippen MR) is 76.8 cm³/mol. The van der Waals surface area contributed by atoms with Crippen LogP contribution in [-0.2, 0) is 4.79 Å². The van der Waals surface area contributed by atoms with Crippen LogP contribution in [0.2, 0.25) is 0 Å². The van der Waals surface area contributed by atoms with Crippen molar-refractivity contribution in [2.24, 2.45) is 5.92 Å². The van der Waals surface area contributed by atoms with E-state index in [0.29, 0.717) is 12.2 Å². The Bertz CT molecular complexity index is 457. The SMILES string of the molecule is O=C(O)CN(C(=O)NCCCC1CC1)c1ccccc1. The molecule has 1 aromatic rings. The highest BCUT2D eigenvalue weighted by Crippen LogP contribution is 2.33. The zero-order chi connectivity index (χ0) is 14.4. The van der Waals surface area contributed by atoms with Crippen molar-refractivity contribution >= 4 is 17.7 Å². The quantitative estimate of drug-likeness (QED) is 0.752. The van der Waals surface area contributed by atoms with E-state index >= 15 is 0 Å². The summed E-state index contributed by atoms with van der Waals surface area (Å²) in [6.45, 7) is 0.261. The van der Waals surface area contributed by atoms with E-state index in [0.717, 1.165) is 18.8 Å². The number of hydrogen-bond acceptors (Lipinski definition) is 2. The van der Waals surface area contributed by atoms with E-state index in [1.807, 2.05) is 6.07 Å². The van der Waals surface area contributed by atoms with E-state index in [9.17, 15) is 9.59 Å². The molecule has 0 unspecified atom stereocenters. The molecule has 0 saturated heterocycles. The molecule has 1 aliphatic carbocycles. The molecule has 1 aliphatic rings. The summed E-state index contributed by atoms with van der Waals surface area (Å²) in [7, 11) is 0. The van der Waals surface area contributed by atoms with Gasteiger partial charge in [-0.25, -0.2) is 4.79 Å². The van der Waals surface area contributed by atoms with E-state index in [2.05, 4.69) is 5.32 Å². The summed E-state index contributed by atoms with van der Waals surface area (Å²) in [5.41, 5.74) is 0.592. The van der Waals surface area contributed by atoms with E-state index in [1.54, 1.807) is 24.3 Å². The lowest BCUT2D eigenvalue weighted by Crippen LogP contribution is -2.43. The molecular weight excluding hydrogens is 256 g/mol. The number of carboxylic acid groups (broad SMARTS) is 1. The number of amides is 2. The molecular formula is C15H20N2O3. The van der Waals surface area contributed by atoms with Crippen LogP contribution in [0.4, 0.5) is 10.5 Å². The molecule has 1 aromatic carbocycles. The van der Waals surface area contributed by atoms with Gasteiger partial charge in [0.15, 0.2) is 0 Å². The molecule has 5 nitrogen and oxygen atoms in total. The number of rotatable bonds is 7. The number of para-hydroxylation sites is 1. The molecule has 2 amide bonds. The molecule has 0 spiro atoms. The molecule has 0 radical (unpaired) electrons. The normalized spacial score (nSPS) is 13.8.